The Balaban J connectivity index is 1.75. The largest absolute Gasteiger partial charge is 0.493 e. The van der Waals surface area contributed by atoms with Crippen molar-refractivity contribution in [1.29, 1.82) is 0 Å². The molecular weight excluding hydrogens is 402 g/mol. The van der Waals surface area contributed by atoms with Gasteiger partial charge in [-0.15, -0.1) is 11.3 Å². The lowest BCUT2D eigenvalue weighted by atomic mass is 10.1. The quantitative estimate of drug-likeness (QED) is 0.751. The molecular formula is C15H15Br2NOS. The summed E-state index contributed by atoms with van der Waals surface area (Å²) in [6, 6.07) is 6.72. The van der Waals surface area contributed by atoms with Crippen LogP contribution in [0.15, 0.2) is 32.5 Å². The number of fused-ring (bicyclic) bond motifs is 1. The van der Waals surface area contributed by atoms with E-state index in [9.17, 15) is 0 Å². The first-order valence-corrected chi connectivity index (χ1v) is 9.02. The first-order chi connectivity index (χ1) is 9.65. The van der Waals surface area contributed by atoms with Crippen LogP contribution in [0.3, 0.4) is 0 Å². The molecule has 0 aliphatic carbocycles. The van der Waals surface area contributed by atoms with Crippen LogP contribution >= 0.6 is 43.2 Å². The van der Waals surface area contributed by atoms with Gasteiger partial charge in [-0.2, -0.15) is 0 Å². The number of thiophene rings is 1. The number of hydrogen-bond donors (Lipinski definition) is 1. The maximum Gasteiger partial charge on any atom is 0.127 e. The second-order valence-corrected chi connectivity index (χ2v) is 7.60. The fourth-order valence-electron chi connectivity index (χ4n) is 2.45. The van der Waals surface area contributed by atoms with E-state index in [0.717, 1.165) is 29.8 Å². The number of halogens is 2. The van der Waals surface area contributed by atoms with Crippen molar-refractivity contribution in [2.24, 2.45) is 0 Å². The van der Waals surface area contributed by atoms with Gasteiger partial charge in [0, 0.05) is 38.4 Å². The lowest BCUT2D eigenvalue weighted by Gasteiger charge is -2.15. The summed E-state index contributed by atoms with van der Waals surface area (Å²) < 4.78 is 8.07. The van der Waals surface area contributed by atoms with E-state index in [2.05, 4.69) is 67.7 Å². The number of rotatable bonds is 4. The predicted molar refractivity (Wildman–Crippen MR) is 90.6 cm³/mol. The standard InChI is InChI=1S/C15H15Br2NOS/c1-9(15-13(17)3-5-20-15)18-8-11-7-12(16)6-10-2-4-19-14(10)11/h3,5-7,9,18H,2,4,8H2,1H3. The lowest BCUT2D eigenvalue weighted by Crippen LogP contribution is -2.18. The van der Waals surface area contributed by atoms with E-state index in [-0.39, 0.29) is 0 Å². The molecule has 106 valence electrons. The number of nitrogens with one attached hydrogen (secondary N) is 1. The molecule has 0 radical (unpaired) electrons. The van der Waals surface area contributed by atoms with Gasteiger partial charge in [-0.3, -0.25) is 0 Å². The highest BCUT2D eigenvalue weighted by molar-refractivity contribution is 9.10. The van der Waals surface area contributed by atoms with Crippen LogP contribution in [-0.2, 0) is 13.0 Å². The molecule has 1 aliphatic rings. The molecule has 1 N–H and O–H groups in total. The molecule has 2 nitrogen and oxygen atoms in total. The third-order valence-electron chi connectivity index (χ3n) is 3.46. The van der Waals surface area contributed by atoms with E-state index in [1.165, 1.54) is 20.5 Å². The van der Waals surface area contributed by atoms with E-state index in [4.69, 9.17) is 4.74 Å². The normalized spacial score (nSPS) is 14.9. The van der Waals surface area contributed by atoms with Crippen LogP contribution in [0.5, 0.6) is 5.75 Å². The molecule has 3 rings (SSSR count). The molecule has 0 saturated heterocycles. The summed E-state index contributed by atoms with van der Waals surface area (Å²) in [7, 11) is 0. The minimum absolute atomic E-state index is 0.320. The molecule has 0 amide bonds. The van der Waals surface area contributed by atoms with Gasteiger partial charge in [-0.1, -0.05) is 15.9 Å². The van der Waals surface area contributed by atoms with E-state index in [0.29, 0.717) is 6.04 Å². The summed E-state index contributed by atoms with van der Waals surface area (Å²) in [5.41, 5.74) is 2.53. The first-order valence-electron chi connectivity index (χ1n) is 6.55. The van der Waals surface area contributed by atoms with Gasteiger partial charge in [0.15, 0.2) is 0 Å². The van der Waals surface area contributed by atoms with Crippen molar-refractivity contribution in [2.45, 2.75) is 25.9 Å². The van der Waals surface area contributed by atoms with Crippen LogP contribution in [0.2, 0.25) is 0 Å². The SMILES string of the molecule is CC(NCc1cc(Br)cc2c1OCC2)c1sccc1Br. The Morgan fingerprint density at radius 1 is 1.40 bits per heavy atom. The summed E-state index contributed by atoms with van der Waals surface area (Å²) in [6.45, 7) is 3.80. The van der Waals surface area contributed by atoms with Crippen molar-refractivity contribution in [3.63, 3.8) is 0 Å². The third kappa shape index (κ3) is 2.96. The van der Waals surface area contributed by atoms with Gasteiger partial charge in [0.2, 0.25) is 0 Å². The summed E-state index contributed by atoms with van der Waals surface area (Å²) in [5.74, 6) is 1.07. The molecule has 20 heavy (non-hydrogen) atoms. The van der Waals surface area contributed by atoms with Crippen LogP contribution in [-0.4, -0.2) is 6.61 Å². The second-order valence-electron chi connectivity index (χ2n) is 4.89. The topological polar surface area (TPSA) is 21.3 Å². The summed E-state index contributed by atoms with van der Waals surface area (Å²) >= 11 is 8.95. The first kappa shape index (κ1) is 14.6. The van der Waals surface area contributed by atoms with Crippen LogP contribution in [0, 0.1) is 0 Å². The van der Waals surface area contributed by atoms with Crippen LogP contribution < -0.4 is 10.1 Å². The molecule has 2 heterocycles. The van der Waals surface area contributed by atoms with Crippen molar-refractivity contribution in [2.75, 3.05) is 6.61 Å². The predicted octanol–water partition coefficient (Wildman–Crippen LogP) is 5.06. The fourth-order valence-corrected chi connectivity index (χ4v) is 4.75. The Labute approximate surface area is 139 Å². The number of ether oxygens (including phenoxy) is 1. The van der Waals surface area contributed by atoms with Gasteiger partial charge in [0.1, 0.15) is 5.75 Å². The zero-order valence-electron chi connectivity index (χ0n) is 11.1. The second kappa shape index (κ2) is 6.18. The minimum Gasteiger partial charge on any atom is -0.493 e. The summed E-state index contributed by atoms with van der Waals surface area (Å²) in [5, 5.41) is 5.69. The highest BCUT2D eigenvalue weighted by Crippen LogP contribution is 2.34. The summed E-state index contributed by atoms with van der Waals surface area (Å²) in [4.78, 5) is 1.33. The van der Waals surface area contributed by atoms with Gasteiger partial charge < -0.3 is 10.1 Å². The van der Waals surface area contributed by atoms with E-state index < -0.39 is 0 Å². The zero-order chi connectivity index (χ0) is 14.1. The molecule has 1 unspecified atom stereocenters. The molecule has 1 atom stereocenters. The number of benzene rings is 1. The zero-order valence-corrected chi connectivity index (χ0v) is 15.1. The molecule has 1 aromatic carbocycles. The molecule has 0 bridgehead atoms. The molecule has 2 aromatic rings. The van der Waals surface area contributed by atoms with Crippen molar-refractivity contribution in [3.8, 4) is 5.75 Å². The minimum atomic E-state index is 0.320. The van der Waals surface area contributed by atoms with Gasteiger partial charge in [0.25, 0.3) is 0 Å². The summed E-state index contributed by atoms with van der Waals surface area (Å²) in [6.07, 6.45) is 1.01. The van der Waals surface area contributed by atoms with Crippen LogP contribution in [0.4, 0.5) is 0 Å². The van der Waals surface area contributed by atoms with Crippen molar-refractivity contribution in [3.05, 3.63) is 48.5 Å². The molecule has 1 aromatic heterocycles. The van der Waals surface area contributed by atoms with Crippen molar-refractivity contribution < 1.29 is 4.74 Å². The molecule has 5 heteroatoms. The van der Waals surface area contributed by atoms with Crippen molar-refractivity contribution >= 4 is 43.2 Å². The Hall–Kier alpha value is -0.360. The van der Waals surface area contributed by atoms with Gasteiger partial charge in [-0.05, 0) is 52.0 Å². The van der Waals surface area contributed by atoms with E-state index in [1.807, 2.05) is 0 Å². The smallest absolute Gasteiger partial charge is 0.127 e. The Morgan fingerprint density at radius 3 is 3.00 bits per heavy atom. The Bertz CT molecular complexity index is 626. The molecule has 0 spiro atoms. The highest BCUT2D eigenvalue weighted by Gasteiger charge is 2.18. The van der Waals surface area contributed by atoms with Gasteiger partial charge in [-0.25, -0.2) is 0 Å². The van der Waals surface area contributed by atoms with Crippen molar-refractivity contribution in [1.82, 2.24) is 5.32 Å². The maximum absolute atomic E-state index is 5.76. The number of hydrogen-bond acceptors (Lipinski definition) is 3. The maximum atomic E-state index is 5.76. The monoisotopic (exact) mass is 415 g/mol. The van der Waals surface area contributed by atoms with E-state index >= 15 is 0 Å². The van der Waals surface area contributed by atoms with Gasteiger partial charge >= 0.3 is 0 Å². The van der Waals surface area contributed by atoms with Crippen LogP contribution in [0.25, 0.3) is 0 Å². The molecule has 1 aliphatic heterocycles. The van der Waals surface area contributed by atoms with Gasteiger partial charge in [0.05, 0.1) is 6.61 Å². The third-order valence-corrected chi connectivity index (χ3v) is 5.97. The highest BCUT2D eigenvalue weighted by atomic mass is 79.9. The average molecular weight is 417 g/mol. The Kier molecular flexibility index (Phi) is 4.50. The average Bonchev–Trinajstić information content (AvgIpc) is 3.03. The molecule has 0 saturated carbocycles. The molecule has 0 fully saturated rings. The Morgan fingerprint density at radius 2 is 2.25 bits per heavy atom. The lowest BCUT2D eigenvalue weighted by molar-refractivity contribution is 0.351. The fraction of sp³-hybridized carbons (Fsp3) is 0.333. The van der Waals surface area contributed by atoms with Crippen LogP contribution in [0.1, 0.15) is 29.0 Å². The van der Waals surface area contributed by atoms with E-state index in [1.54, 1.807) is 11.3 Å².